The van der Waals surface area contributed by atoms with Crippen molar-refractivity contribution < 1.29 is 14.3 Å². The monoisotopic (exact) mass is 443 g/mol. The van der Waals surface area contributed by atoms with Crippen molar-refractivity contribution in [1.29, 1.82) is 0 Å². The second kappa shape index (κ2) is 9.55. The van der Waals surface area contributed by atoms with E-state index in [-0.39, 0.29) is 18.7 Å². The molecule has 2 aliphatic heterocycles. The molecule has 2 aliphatic rings. The summed E-state index contributed by atoms with van der Waals surface area (Å²) in [4.78, 5) is 17.7. The van der Waals surface area contributed by atoms with Crippen molar-refractivity contribution in [3.05, 3.63) is 89.5 Å². The van der Waals surface area contributed by atoms with Gasteiger partial charge in [0.15, 0.2) is 11.5 Å². The van der Waals surface area contributed by atoms with E-state index in [1.54, 1.807) is 0 Å². The van der Waals surface area contributed by atoms with E-state index in [2.05, 4.69) is 51.5 Å². The van der Waals surface area contributed by atoms with Crippen molar-refractivity contribution in [1.82, 2.24) is 10.2 Å². The highest BCUT2D eigenvalue weighted by Crippen LogP contribution is 2.35. The lowest BCUT2D eigenvalue weighted by molar-refractivity contribution is 0.0930. The van der Waals surface area contributed by atoms with Crippen LogP contribution in [0.15, 0.2) is 72.8 Å². The summed E-state index contributed by atoms with van der Waals surface area (Å²) in [5, 5.41) is 3.16. The van der Waals surface area contributed by atoms with E-state index >= 15 is 0 Å². The molecule has 1 saturated heterocycles. The lowest BCUT2D eigenvalue weighted by atomic mass is 10.0. The van der Waals surface area contributed by atoms with Crippen molar-refractivity contribution in [2.45, 2.75) is 13.0 Å². The van der Waals surface area contributed by atoms with Crippen LogP contribution in [0.5, 0.6) is 11.5 Å². The van der Waals surface area contributed by atoms with Gasteiger partial charge in [0.1, 0.15) is 0 Å². The number of fused-ring (bicyclic) bond motifs is 1. The first-order chi connectivity index (χ1) is 16.2. The number of nitrogens with one attached hydrogen (secondary N) is 1. The van der Waals surface area contributed by atoms with E-state index in [0.717, 1.165) is 48.8 Å². The van der Waals surface area contributed by atoms with Crippen LogP contribution in [0.1, 0.15) is 27.5 Å². The first-order valence-corrected chi connectivity index (χ1v) is 11.5. The number of amides is 1. The highest BCUT2D eigenvalue weighted by atomic mass is 16.7. The van der Waals surface area contributed by atoms with E-state index in [1.165, 1.54) is 5.69 Å². The van der Waals surface area contributed by atoms with Gasteiger partial charge in [-0.15, -0.1) is 0 Å². The molecular weight excluding hydrogens is 414 g/mol. The SMILES string of the molecule is Cc1ccc(C(=O)NC[C@H](c2ccc3c(c2)OCO3)N2CCN(c3ccccc3)CC2)cc1. The Morgan fingerprint density at radius 3 is 2.39 bits per heavy atom. The lowest BCUT2D eigenvalue weighted by Crippen LogP contribution is -2.50. The van der Waals surface area contributed by atoms with Crippen LogP contribution < -0.4 is 19.7 Å². The number of para-hydroxylation sites is 1. The summed E-state index contributed by atoms with van der Waals surface area (Å²) in [6.07, 6.45) is 0. The zero-order valence-corrected chi connectivity index (χ0v) is 18.9. The number of hydrogen-bond acceptors (Lipinski definition) is 5. The highest BCUT2D eigenvalue weighted by Gasteiger charge is 2.27. The predicted octanol–water partition coefficient (Wildman–Crippen LogP) is 4.02. The topological polar surface area (TPSA) is 54.0 Å². The summed E-state index contributed by atoms with van der Waals surface area (Å²) in [6, 6.07) is 24.4. The van der Waals surface area contributed by atoms with E-state index in [9.17, 15) is 4.79 Å². The van der Waals surface area contributed by atoms with Gasteiger partial charge in [-0.05, 0) is 48.9 Å². The number of carbonyl (C=O) groups is 1. The van der Waals surface area contributed by atoms with E-state index in [1.807, 2.05) is 43.3 Å². The number of hydrogen-bond donors (Lipinski definition) is 1. The number of carbonyl (C=O) groups excluding carboxylic acids is 1. The third-order valence-corrected chi connectivity index (χ3v) is 6.43. The van der Waals surface area contributed by atoms with Gasteiger partial charge in [-0.1, -0.05) is 42.0 Å². The Labute approximate surface area is 194 Å². The highest BCUT2D eigenvalue weighted by molar-refractivity contribution is 5.94. The molecular formula is C27H29N3O3. The van der Waals surface area contributed by atoms with Crippen LogP contribution in [0, 0.1) is 6.92 Å². The van der Waals surface area contributed by atoms with Crippen molar-refractivity contribution in [2.75, 3.05) is 44.4 Å². The van der Waals surface area contributed by atoms with Gasteiger partial charge in [-0.25, -0.2) is 0 Å². The summed E-state index contributed by atoms with van der Waals surface area (Å²) in [6.45, 7) is 6.50. The zero-order valence-electron chi connectivity index (χ0n) is 18.9. The van der Waals surface area contributed by atoms with Crippen LogP contribution in [0.25, 0.3) is 0 Å². The van der Waals surface area contributed by atoms with Gasteiger partial charge in [0, 0.05) is 44.0 Å². The molecule has 3 aromatic carbocycles. The Morgan fingerprint density at radius 2 is 1.64 bits per heavy atom. The first kappa shape index (κ1) is 21.3. The molecule has 0 aromatic heterocycles. The average molecular weight is 444 g/mol. The number of piperazine rings is 1. The lowest BCUT2D eigenvalue weighted by Gasteiger charge is -2.40. The number of aryl methyl sites for hydroxylation is 1. The third kappa shape index (κ3) is 4.81. The fourth-order valence-corrected chi connectivity index (χ4v) is 4.51. The quantitative estimate of drug-likeness (QED) is 0.624. The third-order valence-electron chi connectivity index (χ3n) is 6.43. The van der Waals surface area contributed by atoms with Gasteiger partial charge >= 0.3 is 0 Å². The normalized spacial score (nSPS) is 16.5. The maximum Gasteiger partial charge on any atom is 0.251 e. The predicted molar refractivity (Wildman–Crippen MR) is 129 cm³/mol. The van der Waals surface area contributed by atoms with Crippen LogP contribution in [0.3, 0.4) is 0 Å². The average Bonchev–Trinajstić information content (AvgIpc) is 3.33. The molecule has 5 rings (SSSR count). The van der Waals surface area contributed by atoms with Gasteiger partial charge in [0.05, 0.1) is 6.04 Å². The number of ether oxygens (including phenoxy) is 2. The largest absolute Gasteiger partial charge is 0.454 e. The van der Waals surface area contributed by atoms with Crippen LogP contribution in [-0.4, -0.2) is 50.3 Å². The van der Waals surface area contributed by atoms with Crippen molar-refractivity contribution in [3.8, 4) is 11.5 Å². The number of rotatable bonds is 6. The summed E-state index contributed by atoms with van der Waals surface area (Å²) >= 11 is 0. The van der Waals surface area contributed by atoms with E-state index in [0.29, 0.717) is 12.1 Å². The molecule has 1 N–H and O–H groups in total. The molecule has 0 spiro atoms. The molecule has 6 nitrogen and oxygen atoms in total. The molecule has 0 radical (unpaired) electrons. The number of anilines is 1. The van der Waals surface area contributed by atoms with Crippen molar-refractivity contribution in [2.24, 2.45) is 0 Å². The molecule has 33 heavy (non-hydrogen) atoms. The molecule has 3 aromatic rings. The van der Waals surface area contributed by atoms with Gasteiger partial charge in [-0.2, -0.15) is 0 Å². The fraction of sp³-hybridized carbons (Fsp3) is 0.296. The maximum absolute atomic E-state index is 12.8. The molecule has 1 amide bonds. The maximum atomic E-state index is 12.8. The molecule has 6 heteroatoms. The van der Waals surface area contributed by atoms with Gasteiger partial charge in [-0.3, -0.25) is 9.69 Å². The number of benzene rings is 3. The van der Waals surface area contributed by atoms with Crippen molar-refractivity contribution >= 4 is 11.6 Å². The molecule has 2 heterocycles. The summed E-state index contributed by atoms with van der Waals surface area (Å²) in [7, 11) is 0. The Morgan fingerprint density at radius 1 is 0.909 bits per heavy atom. The van der Waals surface area contributed by atoms with Crippen LogP contribution in [0.4, 0.5) is 5.69 Å². The Balaban J connectivity index is 1.32. The molecule has 1 fully saturated rings. The molecule has 1 atom stereocenters. The molecule has 0 saturated carbocycles. The molecule has 0 aliphatic carbocycles. The van der Waals surface area contributed by atoms with Crippen LogP contribution >= 0.6 is 0 Å². The second-order valence-electron chi connectivity index (χ2n) is 8.56. The summed E-state index contributed by atoms with van der Waals surface area (Å²) < 4.78 is 11.1. The van der Waals surface area contributed by atoms with Crippen LogP contribution in [-0.2, 0) is 0 Å². The molecule has 0 unspecified atom stereocenters. The minimum atomic E-state index is -0.0522. The van der Waals surface area contributed by atoms with Gasteiger partial charge < -0.3 is 19.7 Å². The fourth-order valence-electron chi connectivity index (χ4n) is 4.51. The second-order valence-corrected chi connectivity index (χ2v) is 8.56. The first-order valence-electron chi connectivity index (χ1n) is 11.5. The summed E-state index contributed by atoms with van der Waals surface area (Å²) in [5.41, 5.74) is 4.20. The molecule has 0 bridgehead atoms. The minimum Gasteiger partial charge on any atom is -0.454 e. The Bertz CT molecular complexity index is 1090. The van der Waals surface area contributed by atoms with Crippen LogP contribution in [0.2, 0.25) is 0 Å². The Kier molecular flexibility index (Phi) is 6.17. The zero-order chi connectivity index (χ0) is 22.6. The Hall–Kier alpha value is -3.51. The van der Waals surface area contributed by atoms with Gasteiger partial charge in [0.25, 0.3) is 5.91 Å². The molecule has 170 valence electrons. The van der Waals surface area contributed by atoms with Crippen molar-refractivity contribution in [3.63, 3.8) is 0 Å². The minimum absolute atomic E-state index is 0.0480. The summed E-state index contributed by atoms with van der Waals surface area (Å²) in [5.74, 6) is 1.49. The van der Waals surface area contributed by atoms with Gasteiger partial charge in [0.2, 0.25) is 6.79 Å². The van der Waals surface area contributed by atoms with E-state index < -0.39 is 0 Å². The van der Waals surface area contributed by atoms with E-state index in [4.69, 9.17) is 9.47 Å². The standard InChI is InChI=1S/C27H29N3O3/c1-20-7-9-21(10-8-20)27(31)28-18-24(22-11-12-25-26(17-22)33-19-32-25)30-15-13-29(14-16-30)23-5-3-2-4-6-23/h2-12,17,24H,13-16,18-19H2,1H3,(H,28,31)/t24-/m1/s1. The number of nitrogens with zero attached hydrogens (tertiary/aromatic N) is 2. The smallest absolute Gasteiger partial charge is 0.251 e.